The minimum atomic E-state index is 0.789. The first-order valence-corrected chi connectivity index (χ1v) is 6.86. The quantitative estimate of drug-likeness (QED) is 0.757. The summed E-state index contributed by atoms with van der Waals surface area (Å²) in [6.07, 6.45) is 5.27. The highest BCUT2D eigenvalue weighted by Gasteiger charge is 2.06. The number of nitrogens with zero attached hydrogens (tertiary/aromatic N) is 2. The maximum absolute atomic E-state index is 4.21. The highest BCUT2D eigenvalue weighted by molar-refractivity contribution is 9.10. The molecule has 0 fully saturated rings. The zero-order chi connectivity index (χ0) is 12.7. The minimum absolute atomic E-state index is 0.789. The number of nitrogens with one attached hydrogen (secondary N) is 2. The lowest BCUT2D eigenvalue weighted by Crippen LogP contribution is -2.06. The predicted molar refractivity (Wildman–Crippen MR) is 76.5 cm³/mol. The number of hydrogen-bond donors (Lipinski definition) is 2. The van der Waals surface area contributed by atoms with Crippen molar-refractivity contribution in [3.05, 3.63) is 10.8 Å². The molecule has 0 spiro atoms. The second kappa shape index (κ2) is 7.48. The first kappa shape index (κ1) is 14.2. The Bertz CT molecular complexity index is 341. The molecule has 0 atom stereocenters. The maximum Gasteiger partial charge on any atom is 0.145 e. The summed E-state index contributed by atoms with van der Waals surface area (Å²) >= 11 is 3.48. The molecule has 0 aliphatic carbocycles. The third-order valence-electron chi connectivity index (χ3n) is 2.53. The van der Waals surface area contributed by atoms with Crippen LogP contribution in [0, 0.1) is 5.92 Å². The van der Waals surface area contributed by atoms with E-state index in [2.05, 4.69) is 50.4 Å². The number of rotatable bonds is 7. The normalized spacial score (nSPS) is 10.6. The van der Waals surface area contributed by atoms with Gasteiger partial charge in [-0.3, -0.25) is 0 Å². The van der Waals surface area contributed by atoms with Crippen LogP contribution in [0.5, 0.6) is 0 Å². The van der Waals surface area contributed by atoms with Crippen molar-refractivity contribution in [1.82, 2.24) is 9.97 Å². The fraction of sp³-hybridized carbons (Fsp3) is 0.667. The molecule has 1 aromatic heterocycles. The molecule has 96 valence electrons. The first-order valence-electron chi connectivity index (χ1n) is 6.07. The molecule has 0 aromatic carbocycles. The van der Waals surface area contributed by atoms with Gasteiger partial charge >= 0.3 is 0 Å². The summed E-state index contributed by atoms with van der Waals surface area (Å²) in [5.74, 6) is 2.45. The molecule has 0 saturated carbocycles. The standard InChI is InChI=1S/C12H21BrN4/c1-9(2)6-4-5-7-15-12-10(13)11(14-3)16-8-17-12/h8-9H,4-7H2,1-3H3,(H2,14,15,16,17). The number of anilines is 2. The molecule has 2 N–H and O–H groups in total. The molecule has 0 bridgehead atoms. The number of aromatic nitrogens is 2. The van der Waals surface area contributed by atoms with E-state index in [1.165, 1.54) is 19.3 Å². The summed E-state index contributed by atoms with van der Waals surface area (Å²) in [6, 6.07) is 0. The fourth-order valence-electron chi connectivity index (χ4n) is 1.55. The van der Waals surface area contributed by atoms with E-state index < -0.39 is 0 Å². The lowest BCUT2D eigenvalue weighted by Gasteiger charge is -2.10. The van der Waals surface area contributed by atoms with Gasteiger partial charge in [0.15, 0.2) is 0 Å². The van der Waals surface area contributed by atoms with E-state index in [9.17, 15) is 0 Å². The van der Waals surface area contributed by atoms with Crippen LogP contribution < -0.4 is 10.6 Å². The minimum Gasteiger partial charge on any atom is -0.372 e. The van der Waals surface area contributed by atoms with Crippen molar-refractivity contribution in [3.8, 4) is 0 Å². The molecule has 0 radical (unpaired) electrons. The van der Waals surface area contributed by atoms with E-state index in [1.807, 2.05) is 7.05 Å². The van der Waals surface area contributed by atoms with Crippen LogP contribution in [0.15, 0.2) is 10.8 Å². The van der Waals surface area contributed by atoms with Crippen LogP contribution in [-0.2, 0) is 0 Å². The van der Waals surface area contributed by atoms with E-state index in [4.69, 9.17) is 0 Å². The van der Waals surface area contributed by atoms with E-state index in [-0.39, 0.29) is 0 Å². The van der Waals surface area contributed by atoms with Crippen LogP contribution in [0.2, 0.25) is 0 Å². The Morgan fingerprint density at radius 1 is 1.24 bits per heavy atom. The summed E-state index contributed by atoms with van der Waals surface area (Å²) in [4.78, 5) is 8.33. The number of hydrogen-bond acceptors (Lipinski definition) is 4. The summed E-state index contributed by atoms with van der Waals surface area (Å²) in [5, 5.41) is 6.34. The van der Waals surface area contributed by atoms with Crippen LogP contribution >= 0.6 is 15.9 Å². The Labute approximate surface area is 112 Å². The summed E-state index contributed by atoms with van der Waals surface area (Å²) < 4.78 is 0.895. The van der Waals surface area contributed by atoms with Gasteiger partial charge in [-0.05, 0) is 28.3 Å². The number of halogens is 1. The molecule has 5 heteroatoms. The van der Waals surface area contributed by atoms with Gasteiger partial charge in [0.25, 0.3) is 0 Å². The van der Waals surface area contributed by atoms with Crippen LogP contribution in [-0.4, -0.2) is 23.6 Å². The fourth-order valence-corrected chi connectivity index (χ4v) is 2.09. The highest BCUT2D eigenvalue weighted by Crippen LogP contribution is 2.25. The molecule has 1 aromatic rings. The molecule has 0 amide bonds. The van der Waals surface area contributed by atoms with E-state index in [0.717, 1.165) is 28.6 Å². The molecule has 1 heterocycles. The van der Waals surface area contributed by atoms with Gasteiger partial charge in [0, 0.05) is 13.6 Å². The largest absolute Gasteiger partial charge is 0.372 e. The molecule has 4 nitrogen and oxygen atoms in total. The van der Waals surface area contributed by atoms with E-state index in [1.54, 1.807) is 6.33 Å². The summed E-state index contributed by atoms with van der Waals surface area (Å²) in [6.45, 7) is 5.47. The summed E-state index contributed by atoms with van der Waals surface area (Å²) in [5.41, 5.74) is 0. The van der Waals surface area contributed by atoms with Crippen molar-refractivity contribution in [2.45, 2.75) is 33.1 Å². The van der Waals surface area contributed by atoms with Crippen molar-refractivity contribution >= 4 is 27.6 Å². The molecule has 1 rings (SSSR count). The van der Waals surface area contributed by atoms with Gasteiger partial charge in [-0.1, -0.05) is 26.7 Å². The zero-order valence-corrected chi connectivity index (χ0v) is 12.3. The van der Waals surface area contributed by atoms with Gasteiger partial charge < -0.3 is 10.6 Å². The first-order chi connectivity index (χ1) is 8.15. The van der Waals surface area contributed by atoms with Crippen molar-refractivity contribution < 1.29 is 0 Å². The van der Waals surface area contributed by atoms with Crippen LogP contribution in [0.1, 0.15) is 33.1 Å². The molecule has 0 unspecified atom stereocenters. The smallest absolute Gasteiger partial charge is 0.145 e. The Morgan fingerprint density at radius 2 is 1.94 bits per heavy atom. The van der Waals surface area contributed by atoms with Gasteiger partial charge in [-0.25, -0.2) is 9.97 Å². The Morgan fingerprint density at radius 3 is 2.59 bits per heavy atom. The molecule has 0 saturated heterocycles. The van der Waals surface area contributed by atoms with Crippen LogP contribution in [0.25, 0.3) is 0 Å². The highest BCUT2D eigenvalue weighted by atomic mass is 79.9. The molecule has 0 aliphatic heterocycles. The van der Waals surface area contributed by atoms with Gasteiger partial charge in [0.2, 0.25) is 0 Å². The molecule has 17 heavy (non-hydrogen) atoms. The Balaban J connectivity index is 2.36. The SMILES string of the molecule is CNc1ncnc(NCCCCC(C)C)c1Br. The average Bonchev–Trinajstić information content (AvgIpc) is 2.30. The van der Waals surface area contributed by atoms with E-state index in [0.29, 0.717) is 0 Å². The monoisotopic (exact) mass is 300 g/mol. The van der Waals surface area contributed by atoms with Crippen molar-refractivity contribution in [2.24, 2.45) is 5.92 Å². The van der Waals surface area contributed by atoms with E-state index >= 15 is 0 Å². The zero-order valence-electron chi connectivity index (χ0n) is 10.8. The Kier molecular flexibility index (Phi) is 6.26. The van der Waals surface area contributed by atoms with Gasteiger partial charge in [-0.15, -0.1) is 0 Å². The van der Waals surface area contributed by atoms with Gasteiger partial charge in [-0.2, -0.15) is 0 Å². The van der Waals surface area contributed by atoms with Gasteiger partial charge in [0.05, 0.1) is 0 Å². The van der Waals surface area contributed by atoms with Gasteiger partial charge in [0.1, 0.15) is 22.4 Å². The van der Waals surface area contributed by atoms with Crippen LogP contribution in [0.4, 0.5) is 11.6 Å². The second-order valence-electron chi connectivity index (χ2n) is 4.45. The second-order valence-corrected chi connectivity index (χ2v) is 5.24. The lowest BCUT2D eigenvalue weighted by atomic mass is 10.1. The molecule has 0 aliphatic rings. The van der Waals surface area contributed by atoms with Crippen LogP contribution in [0.3, 0.4) is 0 Å². The number of unbranched alkanes of at least 4 members (excludes halogenated alkanes) is 1. The summed E-state index contributed by atoms with van der Waals surface area (Å²) in [7, 11) is 1.85. The molecular formula is C12H21BrN4. The van der Waals surface area contributed by atoms with Crippen molar-refractivity contribution in [2.75, 3.05) is 24.2 Å². The van der Waals surface area contributed by atoms with Crippen molar-refractivity contribution in [3.63, 3.8) is 0 Å². The van der Waals surface area contributed by atoms with Crippen molar-refractivity contribution in [1.29, 1.82) is 0 Å². The maximum atomic E-state index is 4.21. The lowest BCUT2D eigenvalue weighted by molar-refractivity contribution is 0.544. The predicted octanol–water partition coefficient (Wildman–Crippen LogP) is 3.52. The average molecular weight is 301 g/mol. The topological polar surface area (TPSA) is 49.8 Å². The molecular weight excluding hydrogens is 280 g/mol. The Hall–Kier alpha value is -0.840. The third kappa shape index (κ3) is 4.89. The third-order valence-corrected chi connectivity index (χ3v) is 3.28.